The summed E-state index contributed by atoms with van der Waals surface area (Å²) in [5.41, 5.74) is 0.941. The predicted molar refractivity (Wildman–Crippen MR) is 37.7 cm³/mol. The van der Waals surface area contributed by atoms with Gasteiger partial charge in [-0.2, -0.15) is 5.10 Å². The zero-order valence-electron chi connectivity index (χ0n) is 5.48. The van der Waals surface area contributed by atoms with Crippen LogP contribution in [0.4, 0.5) is 0 Å². The number of H-pyrrole nitrogens is 1. The Morgan fingerprint density at radius 3 is 2.56 bits per heavy atom. The average Bonchev–Trinajstić information content (AvgIpc) is 2.13. The highest BCUT2D eigenvalue weighted by Crippen LogP contribution is 2.19. The Morgan fingerprint density at radius 1 is 1.67 bits per heavy atom. The van der Waals surface area contributed by atoms with Crippen LogP contribution in [0, 0.1) is 0 Å². The molecule has 0 spiro atoms. The molecule has 1 N–H and O–H groups in total. The van der Waals surface area contributed by atoms with E-state index < -0.39 is 0 Å². The van der Waals surface area contributed by atoms with Crippen LogP contribution in [0.2, 0.25) is 5.02 Å². The summed E-state index contributed by atoms with van der Waals surface area (Å²) in [7, 11) is 0. The first-order chi connectivity index (χ1) is 4.22. The summed E-state index contributed by atoms with van der Waals surface area (Å²) in [4.78, 5) is 0. The fraction of sp³-hybridized carbons (Fsp3) is 0.500. The molecule has 0 aliphatic rings. The molecule has 0 atom stereocenters. The Balaban J connectivity index is 2.94. The summed E-state index contributed by atoms with van der Waals surface area (Å²) >= 11 is 5.74. The van der Waals surface area contributed by atoms with Crippen molar-refractivity contribution in [3.05, 3.63) is 16.9 Å². The molecule has 0 bridgehead atoms. The average molecular weight is 145 g/mol. The molecule has 3 heteroatoms. The van der Waals surface area contributed by atoms with Gasteiger partial charge in [-0.3, -0.25) is 5.10 Å². The number of hydrogen-bond donors (Lipinski definition) is 1. The second-order valence-corrected chi connectivity index (χ2v) is 2.68. The molecule has 0 aliphatic heterocycles. The van der Waals surface area contributed by atoms with Crippen molar-refractivity contribution in [3.8, 4) is 0 Å². The largest absolute Gasteiger partial charge is 0.284 e. The van der Waals surface area contributed by atoms with Crippen LogP contribution in [-0.4, -0.2) is 10.2 Å². The van der Waals surface area contributed by atoms with Gasteiger partial charge in [-0.1, -0.05) is 25.4 Å². The summed E-state index contributed by atoms with van der Waals surface area (Å²) in [6.45, 7) is 4.12. The molecule has 0 saturated heterocycles. The topological polar surface area (TPSA) is 28.7 Å². The van der Waals surface area contributed by atoms with Gasteiger partial charge in [-0.25, -0.2) is 0 Å². The van der Waals surface area contributed by atoms with Crippen LogP contribution in [-0.2, 0) is 0 Å². The first-order valence-corrected chi connectivity index (χ1v) is 3.28. The second-order valence-electron chi connectivity index (χ2n) is 2.27. The van der Waals surface area contributed by atoms with Crippen LogP contribution in [0.25, 0.3) is 0 Å². The molecule has 0 unspecified atom stereocenters. The van der Waals surface area contributed by atoms with E-state index in [1.165, 1.54) is 0 Å². The normalized spacial score (nSPS) is 10.7. The van der Waals surface area contributed by atoms with E-state index in [1.54, 1.807) is 6.20 Å². The number of nitrogens with one attached hydrogen (secondary N) is 1. The van der Waals surface area contributed by atoms with Gasteiger partial charge < -0.3 is 0 Å². The van der Waals surface area contributed by atoms with Gasteiger partial charge in [-0.15, -0.1) is 0 Å². The first kappa shape index (κ1) is 6.62. The molecule has 0 aliphatic carbocycles. The highest BCUT2D eigenvalue weighted by Gasteiger charge is 2.05. The molecular formula is C6H9ClN2. The van der Waals surface area contributed by atoms with Crippen molar-refractivity contribution < 1.29 is 0 Å². The Hall–Kier alpha value is -0.500. The van der Waals surface area contributed by atoms with E-state index in [2.05, 4.69) is 24.0 Å². The lowest BCUT2D eigenvalue weighted by molar-refractivity contribution is 0.811. The number of aromatic nitrogens is 2. The van der Waals surface area contributed by atoms with E-state index in [0.29, 0.717) is 5.92 Å². The van der Waals surface area contributed by atoms with Crippen LogP contribution in [0.15, 0.2) is 6.20 Å². The second kappa shape index (κ2) is 2.40. The van der Waals surface area contributed by atoms with E-state index in [0.717, 1.165) is 10.7 Å². The lowest BCUT2D eigenvalue weighted by atomic mass is 10.1. The molecule has 1 aromatic rings. The highest BCUT2D eigenvalue weighted by molar-refractivity contribution is 6.31. The molecule has 1 rings (SSSR count). The van der Waals surface area contributed by atoms with E-state index in [1.807, 2.05) is 0 Å². The first-order valence-electron chi connectivity index (χ1n) is 2.91. The monoisotopic (exact) mass is 144 g/mol. The lowest BCUT2D eigenvalue weighted by Crippen LogP contribution is -1.87. The minimum Gasteiger partial charge on any atom is -0.284 e. The maximum absolute atomic E-state index is 5.74. The van der Waals surface area contributed by atoms with Crippen LogP contribution >= 0.6 is 11.6 Å². The molecule has 0 radical (unpaired) electrons. The molecule has 0 fully saturated rings. The van der Waals surface area contributed by atoms with Crippen molar-refractivity contribution >= 4 is 11.6 Å². The molecule has 1 heterocycles. The van der Waals surface area contributed by atoms with Crippen molar-refractivity contribution in [1.82, 2.24) is 10.2 Å². The van der Waals surface area contributed by atoms with Gasteiger partial charge in [0.15, 0.2) is 0 Å². The molecule has 2 nitrogen and oxygen atoms in total. The van der Waals surface area contributed by atoms with Gasteiger partial charge in [0.05, 0.1) is 10.7 Å². The van der Waals surface area contributed by atoms with Crippen molar-refractivity contribution in [1.29, 1.82) is 0 Å². The van der Waals surface area contributed by atoms with E-state index >= 15 is 0 Å². The van der Waals surface area contributed by atoms with Gasteiger partial charge in [0.1, 0.15) is 0 Å². The number of hydrogen-bond acceptors (Lipinski definition) is 1. The van der Waals surface area contributed by atoms with E-state index in [4.69, 9.17) is 11.6 Å². The summed E-state index contributed by atoms with van der Waals surface area (Å²) in [5.74, 6) is 0.406. The Labute approximate surface area is 59.2 Å². The van der Waals surface area contributed by atoms with Crippen molar-refractivity contribution in [2.75, 3.05) is 0 Å². The zero-order valence-corrected chi connectivity index (χ0v) is 6.24. The number of aromatic amines is 1. The van der Waals surface area contributed by atoms with Crippen molar-refractivity contribution in [2.45, 2.75) is 19.8 Å². The maximum atomic E-state index is 5.74. The minimum atomic E-state index is 0.406. The van der Waals surface area contributed by atoms with Crippen LogP contribution in [0.5, 0.6) is 0 Å². The molecule has 0 aromatic carbocycles. The Bertz CT molecular complexity index is 193. The SMILES string of the molecule is CC(C)c1n[nH]cc1Cl. The fourth-order valence-corrected chi connectivity index (χ4v) is 1.000. The van der Waals surface area contributed by atoms with E-state index in [-0.39, 0.29) is 0 Å². The third-order valence-corrected chi connectivity index (χ3v) is 1.47. The van der Waals surface area contributed by atoms with Crippen LogP contribution in [0.1, 0.15) is 25.5 Å². The number of rotatable bonds is 1. The lowest BCUT2D eigenvalue weighted by Gasteiger charge is -1.96. The van der Waals surface area contributed by atoms with Gasteiger partial charge >= 0.3 is 0 Å². The van der Waals surface area contributed by atoms with Crippen molar-refractivity contribution in [2.24, 2.45) is 0 Å². The van der Waals surface area contributed by atoms with Gasteiger partial charge in [0, 0.05) is 6.20 Å². The van der Waals surface area contributed by atoms with Crippen LogP contribution < -0.4 is 0 Å². The highest BCUT2D eigenvalue weighted by atomic mass is 35.5. The third kappa shape index (κ3) is 1.24. The maximum Gasteiger partial charge on any atom is 0.0833 e. The summed E-state index contributed by atoms with van der Waals surface area (Å²) in [5, 5.41) is 7.38. The Morgan fingerprint density at radius 2 is 2.33 bits per heavy atom. The summed E-state index contributed by atoms with van der Waals surface area (Å²) in [6, 6.07) is 0. The summed E-state index contributed by atoms with van der Waals surface area (Å²) in [6.07, 6.45) is 1.69. The third-order valence-electron chi connectivity index (χ3n) is 1.17. The quantitative estimate of drug-likeness (QED) is 0.643. The number of halogens is 1. The van der Waals surface area contributed by atoms with Crippen LogP contribution in [0.3, 0.4) is 0 Å². The number of nitrogens with zero attached hydrogens (tertiary/aromatic N) is 1. The Kier molecular flexibility index (Phi) is 1.76. The molecule has 9 heavy (non-hydrogen) atoms. The minimum absolute atomic E-state index is 0.406. The van der Waals surface area contributed by atoms with Gasteiger partial charge in [-0.05, 0) is 5.92 Å². The molecule has 50 valence electrons. The van der Waals surface area contributed by atoms with Gasteiger partial charge in [0.25, 0.3) is 0 Å². The smallest absolute Gasteiger partial charge is 0.0833 e. The van der Waals surface area contributed by atoms with E-state index in [9.17, 15) is 0 Å². The molecule has 1 aromatic heterocycles. The standard InChI is InChI=1S/C6H9ClN2/c1-4(2)6-5(7)3-8-9-6/h3-4H,1-2H3,(H,8,9). The molecule has 0 saturated carbocycles. The zero-order chi connectivity index (χ0) is 6.85. The van der Waals surface area contributed by atoms with Gasteiger partial charge in [0.2, 0.25) is 0 Å². The predicted octanol–water partition coefficient (Wildman–Crippen LogP) is 2.19. The fourth-order valence-electron chi connectivity index (χ4n) is 0.691. The summed E-state index contributed by atoms with van der Waals surface area (Å²) < 4.78 is 0. The van der Waals surface area contributed by atoms with Crippen molar-refractivity contribution in [3.63, 3.8) is 0 Å². The molecule has 0 amide bonds. The molecular weight excluding hydrogens is 136 g/mol.